The third kappa shape index (κ3) is 39.8. The number of nitrogens with two attached hydrogens (primary N) is 1. The van der Waals surface area contributed by atoms with Gasteiger partial charge >= 0.3 is 0 Å². The number of ether oxygens (including phenoxy) is 7. The van der Waals surface area contributed by atoms with Gasteiger partial charge in [-0.15, -0.1) is 26.3 Å². The Balaban J connectivity index is 0.000000275. The number of benzene rings is 7. The second-order valence-corrected chi connectivity index (χ2v) is 42.8. The number of sulfonamides is 4. The van der Waals surface area contributed by atoms with Gasteiger partial charge < -0.3 is 33.2 Å². The van der Waals surface area contributed by atoms with Gasteiger partial charge in [-0.3, -0.25) is 4.18 Å². The standard InChI is InChI=1S/C27H37NO4S.C22H29NO4S.C17H21NO4S.C12H16O3S.C11H21NO2S.C5H9Br.C3H6O/c1-5-7-21(2)27(18-22-8-6-9-22)33(29,30)28(19-23-10-14-25(31-3)15-11-23)20-24-12-16-26(32-4)17-13-24;1-5-6-18(2)17-28(24,25)23(15-19-7-11-21(26-3)12-8-19)16-20-9-13-22(27-4)14-10-20;1-21-16-8-4-14(5-9-16)12-18(23(3,19)20)13-15-6-10-17(22-2)11-7-15;1-4-5-11(3)15-16(13,14)12-8-6-10(2)7-9-12;1-3-5-9(2)11(15(12,13)14)8-10-6-4-7-10;6-4-5-2-1-3-5;1-3-2-4-3/h5,10-17,21-22,27H,1,6-9,18-20H2,2-4H3;5,7-14,18H,1,6,15-17H2,2-4H3;4-11H,12-13H2,1-3H3;4,6-9,11H,1,5H2,2-3H3;3,9-11H,1,4-8H2,2H3,(H2,12,13,14);5H,1-4H2;3H,2H2,1H3/t21-,27?;18-;;11-;9-,11?;;3-/m00.10.1/s1. The summed E-state index contributed by atoms with van der Waals surface area (Å²) in [6.45, 7) is 29.2. The van der Waals surface area contributed by atoms with Crippen molar-refractivity contribution >= 4 is 66.1 Å². The van der Waals surface area contributed by atoms with E-state index in [0.717, 1.165) is 124 Å². The predicted molar refractivity (Wildman–Crippen MR) is 510 cm³/mol. The zero-order valence-electron chi connectivity index (χ0n) is 75.7. The SMILES string of the molecule is BrCC1CCC1.C=CC[C@@H](C)OS(=O)(=O)c1ccc(C)cc1.C=CC[C@H](C)C(CC1CCC1)S(=O)(=O)N(Cc1ccc(OC)cc1)Cc1ccc(OC)cc1.C=CC[C@H](C)C(CC1CCC1)S(N)(=O)=O.C=CC[C@H](C)CS(=O)(=O)N(Cc1ccc(OC)cc1)Cc1ccc(OC)cc1.COc1ccc(CN(Cc2ccc(OC)cc2)S(C)(=O)=O)cc1.C[C@@H]1CO1. The van der Waals surface area contributed by atoms with Crippen molar-refractivity contribution in [3.8, 4) is 34.5 Å². The Kier molecular flexibility index (Phi) is 47.6. The summed E-state index contributed by atoms with van der Waals surface area (Å²) in [5, 5.41) is 5.70. The number of aryl methyl sites for hydroxylation is 1. The van der Waals surface area contributed by atoms with Crippen LogP contribution in [0.5, 0.6) is 34.5 Å². The van der Waals surface area contributed by atoms with E-state index in [4.69, 9.17) is 42.5 Å². The van der Waals surface area contributed by atoms with Gasteiger partial charge in [-0.1, -0.05) is 196 Å². The second-order valence-electron chi connectivity index (χ2n) is 32.6. The van der Waals surface area contributed by atoms with Crippen molar-refractivity contribution in [1.82, 2.24) is 12.9 Å². The van der Waals surface area contributed by atoms with Gasteiger partial charge in [-0.25, -0.2) is 38.8 Å². The van der Waals surface area contributed by atoms with Gasteiger partial charge in [-0.2, -0.15) is 21.3 Å². The number of rotatable bonds is 43. The molecule has 692 valence electrons. The quantitative estimate of drug-likeness (QED) is 0.0161. The van der Waals surface area contributed by atoms with Gasteiger partial charge in [-0.05, 0) is 226 Å². The molecular weight excluding hydrogens is 1750 g/mol. The molecule has 1 aliphatic heterocycles. The number of epoxide rings is 1. The average Bonchev–Trinajstić information content (AvgIpc) is 1.36. The van der Waals surface area contributed by atoms with E-state index in [2.05, 4.69) is 49.2 Å². The number of halogens is 1. The number of alkyl halides is 1. The molecule has 0 radical (unpaired) electrons. The van der Waals surface area contributed by atoms with Crippen LogP contribution in [-0.2, 0) is 98.4 Å². The molecule has 0 bridgehead atoms. The summed E-state index contributed by atoms with van der Waals surface area (Å²) in [6, 6.07) is 51.5. The maximum Gasteiger partial charge on any atom is 0.297 e. The Labute approximate surface area is 758 Å². The van der Waals surface area contributed by atoms with Crippen LogP contribution in [0, 0.1) is 42.4 Å². The van der Waals surface area contributed by atoms with Gasteiger partial charge in [0, 0.05) is 44.6 Å². The smallest absolute Gasteiger partial charge is 0.297 e. The van der Waals surface area contributed by atoms with Crippen molar-refractivity contribution in [2.75, 3.05) is 66.6 Å². The van der Waals surface area contributed by atoms with E-state index in [1.807, 2.05) is 179 Å². The minimum Gasteiger partial charge on any atom is -0.497 e. The predicted octanol–water partition coefficient (Wildman–Crippen LogP) is 20.0. The van der Waals surface area contributed by atoms with E-state index in [-0.39, 0.29) is 39.8 Å². The fourth-order valence-electron chi connectivity index (χ4n) is 13.7. The molecule has 7 aromatic rings. The molecule has 7 aromatic carbocycles. The lowest BCUT2D eigenvalue weighted by atomic mass is 9.80. The van der Waals surface area contributed by atoms with Crippen molar-refractivity contribution in [3.63, 3.8) is 0 Å². The highest BCUT2D eigenvalue weighted by Gasteiger charge is 2.39. The largest absolute Gasteiger partial charge is 0.497 e. The Bertz CT molecular complexity index is 4730. The summed E-state index contributed by atoms with van der Waals surface area (Å²) in [7, 11) is -7.72. The number of nitrogens with zero attached hydrogens (tertiary/aromatic N) is 3. The Hall–Kier alpha value is -7.71. The van der Waals surface area contributed by atoms with Crippen molar-refractivity contribution in [3.05, 3.63) is 259 Å². The molecule has 0 spiro atoms. The lowest BCUT2D eigenvalue weighted by molar-refractivity contribution is 0.232. The van der Waals surface area contributed by atoms with E-state index in [1.165, 1.54) is 52.3 Å². The summed E-state index contributed by atoms with van der Waals surface area (Å²) < 4.78 is 171. The maximum absolute atomic E-state index is 14.1. The van der Waals surface area contributed by atoms with Crippen LogP contribution in [0.15, 0.2) is 225 Å². The van der Waals surface area contributed by atoms with E-state index >= 15 is 0 Å². The number of hydrogen-bond donors (Lipinski definition) is 1. The molecule has 125 heavy (non-hydrogen) atoms. The third-order valence-corrected chi connectivity index (χ3v) is 31.6. The average molecular weight is 1890 g/mol. The molecule has 3 saturated carbocycles. The molecule has 2 N–H and O–H groups in total. The summed E-state index contributed by atoms with van der Waals surface area (Å²) >= 11 is 3.43. The van der Waals surface area contributed by atoms with E-state index in [1.54, 1.807) is 96.4 Å². The highest BCUT2D eigenvalue weighted by atomic mass is 79.9. The molecule has 22 nitrogen and oxygen atoms in total. The summed E-state index contributed by atoms with van der Waals surface area (Å²) in [5.41, 5.74) is 6.52. The molecule has 4 aliphatic rings. The van der Waals surface area contributed by atoms with E-state index in [0.29, 0.717) is 82.9 Å². The van der Waals surface area contributed by atoms with E-state index < -0.39 is 55.5 Å². The molecule has 3 aliphatic carbocycles. The summed E-state index contributed by atoms with van der Waals surface area (Å²) in [6.07, 6.45) is 23.9. The number of hydrogen-bond acceptors (Lipinski definition) is 18. The molecule has 11 rings (SSSR count). The number of allylic oxidation sites excluding steroid dienone is 3. The monoisotopic (exact) mass is 1890 g/mol. The molecule has 0 amide bonds. The minimum atomic E-state index is -3.65. The van der Waals surface area contributed by atoms with Gasteiger partial charge in [0.2, 0.25) is 40.1 Å². The summed E-state index contributed by atoms with van der Waals surface area (Å²) in [5.74, 6) is 6.79. The molecule has 2 unspecified atom stereocenters. The van der Waals surface area contributed by atoms with Crippen LogP contribution in [0.2, 0.25) is 0 Å². The fraction of sp³-hybridized carbons (Fsp3) is 0.485. The highest BCUT2D eigenvalue weighted by molar-refractivity contribution is 9.09. The van der Waals surface area contributed by atoms with Crippen LogP contribution >= 0.6 is 15.9 Å². The first kappa shape index (κ1) is 108. The highest BCUT2D eigenvalue weighted by Crippen LogP contribution is 2.38. The molecule has 7 atom stereocenters. The number of primary sulfonamides is 1. The van der Waals surface area contributed by atoms with Crippen LogP contribution < -0.4 is 33.6 Å². The van der Waals surface area contributed by atoms with Crippen molar-refractivity contribution in [2.24, 2.45) is 40.6 Å². The Morgan fingerprint density at radius 3 is 0.968 bits per heavy atom. The van der Waals surface area contributed by atoms with Crippen LogP contribution in [0.25, 0.3) is 0 Å². The normalized spacial score (nSPS) is 15.9. The van der Waals surface area contributed by atoms with Gasteiger partial charge in [0.15, 0.2) is 0 Å². The lowest BCUT2D eigenvalue weighted by Gasteiger charge is -2.35. The molecule has 28 heteroatoms. The Morgan fingerprint density at radius 2 is 0.720 bits per heavy atom. The van der Waals surface area contributed by atoms with Crippen LogP contribution in [0.3, 0.4) is 0 Å². The zero-order valence-corrected chi connectivity index (χ0v) is 81.4. The van der Waals surface area contributed by atoms with Gasteiger partial charge in [0.1, 0.15) is 34.5 Å². The lowest BCUT2D eigenvalue weighted by Crippen LogP contribution is -2.42. The van der Waals surface area contributed by atoms with Gasteiger partial charge in [0.25, 0.3) is 10.1 Å². The molecule has 4 fully saturated rings. The van der Waals surface area contributed by atoms with Crippen molar-refractivity contribution in [1.29, 1.82) is 0 Å². The van der Waals surface area contributed by atoms with Crippen LogP contribution in [-0.4, -0.2) is 144 Å². The topological polar surface area (TPSA) is 284 Å². The third-order valence-electron chi connectivity index (χ3n) is 22.2. The molecule has 1 heterocycles. The van der Waals surface area contributed by atoms with Crippen molar-refractivity contribution < 1.29 is 79.4 Å². The minimum absolute atomic E-state index is 0.0109. The van der Waals surface area contributed by atoms with Crippen LogP contribution in [0.4, 0.5) is 0 Å². The van der Waals surface area contributed by atoms with E-state index in [9.17, 15) is 42.1 Å². The summed E-state index contributed by atoms with van der Waals surface area (Å²) in [4.78, 5) is 0.189. The van der Waals surface area contributed by atoms with Crippen LogP contribution in [0.1, 0.15) is 170 Å². The maximum atomic E-state index is 14.1. The van der Waals surface area contributed by atoms with Crippen molar-refractivity contribution in [2.45, 2.75) is 205 Å². The zero-order chi connectivity index (χ0) is 92.3. The fourth-order valence-corrected chi connectivity index (χ4v) is 21.5. The first-order chi connectivity index (χ1) is 59.4. The molecule has 1 saturated heterocycles. The Morgan fingerprint density at radius 1 is 0.432 bits per heavy atom. The molecular formula is C97H139BrN4O18S5. The second kappa shape index (κ2) is 55.2. The first-order valence-electron chi connectivity index (χ1n) is 42.7. The first-order valence-corrected chi connectivity index (χ1v) is 51.8. The molecule has 0 aromatic heterocycles. The number of methoxy groups -OCH3 is 6. The van der Waals surface area contributed by atoms with Gasteiger partial charge in [0.05, 0.1) is 88.9 Å².